The molecule has 0 spiro atoms. The molecule has 2 aromatic rings. The van der Waals surface area contributed by atoms with Crippen molar-refractivity contribution in [1.82, 2.24) is 4.90 Å². The lowest BCUT2D eigenvalue weighted by atomic mass is 10.2. The molecule has 0 radical (unpaired) electrons. The van der Waals surface area contributed by atoms with Gasteiger partial charge in [0.15, 0.2) is 11.5 Å². The first-order valence-electron chi connectivity index (χ1n) is 11.2. The maximum Gasteiger partial charge on any atom is 0.163 e. The third kappa shape index (κ3) is 6.20. The smallest absolute Gasteiger partial charge is 0.163 e. The van der Waals surface area contributed by atoms with E-state index in [2.05, 4.69) is 66.7 Å². The van der Waals surface area contributed by atoms with Crippen LogP contribution in [0.4, 0.5) is 11.4 Å². The molecular formula is C25H36ClN3O2. The van der Waals surface area contributed by atoms with Gasteiger partial charge in [-0.15, -0.1) is 0 Å². The first kappa shape index (κ1) is 23.6. The van der Waals surface area contributed by atoms with E-state index >= 15 is 0 Å². The molecule has 1 aliphatic heterocycles. The number of halogens is 1. The van der Waals surface area contributed by atoms with Gasteiger partial charge in [-0.2, -0.15) is 0 Å². The number of benzene rings is 2. The Bertz CT molecular complexity index is 810. The van der Waals surface area contributed by atoms with E-state index in [4.69, 9.17) is 21.1 Å². The van der Waals surface area contributed by atoms with Gasteiger partial charge in [0.05, 0.1) is 7.11 Å². The van der Waals surface area contributed by atoms with Crippen LogP contribution >= 0.6 is 11.6 Å². The summed E-state index contributed by atoms with van der Waals surface area (Å²) in [5.74, 6) is 1.59. The summed E-state index contributed by atoms with van der Waals surface area (Å²) in [6.45, 7) is 14.3. The van der Waals surface area contributed by atoms with Crippen molar-refractivity contribution in [3.8, 4) is 11.5 Å². The summed E-state index contributed by atoms with van der Waals surface area (Å²) in [6, 6.07) is 15.3. The van der Waals surface area contributed by atoms with Crippen molar-refractivity contribution in [3.05, 3.63) is 47.5 Å². The van der Waals surface area contributed by atoms with Gasteiger partial charge in [-0.3, -0.25) is 4.90 Å². The Morgan fingerprint density at radius 1 is 0.839 bits per heavy atom. The van der Waals surface area contributed by atoms with Crippen LogP contribution in [0.15, 0.2) is 42.5 Å². The Balaban J connectivity index is 1.61. The molecule has 0 atom stereocenters. The third-order valence-corrected chi connectivity index (χ3v) is 6.17. The van der Waals surface area contributed by atoms with Crippen molar-refractivity contribution >= 4 is 23.0 Å². The minimum atomic E-state index is 0.494. The van der Waals surface area contributed by atoms with Crippen molar-refractivity contribution in [2.75, 3.05) is 56.2 Å². The lowest BCUT2D eigenvalue weighted by Gasteiger charge is -2.37. The fraction of sp³-hybridized carbons (Fsp3) is 0.520. The van der Waals surface area contributed by atoms with E-state index in [-0.39, 0.29) is 0 Å². The van der Waals surface area contributed by atoms with Gasteiger partial charge in [0.25, 0.3) is 0 Å². The second-order valence-corrected chi connectivity index (χ2v) is 9.00. The zero-order chi connectivity index (χ0) is 22.4. The number of hydrogen-bond acceptors (Lipinski definition) is 5. The molecule has 1 heterocycles. The summed E-state index contributed by atoms with van der Waals surface area (Å²) in [4.78, 5) is 7.25. The number of piperazine rings is 1. The molecule has 1 saturated heterocycles. The van der Waals surface area contributed by atoms with Crippen LogP contribution in [0.25, 0.3) is 0 Å². The van der Waals surface area contributed by atoms with Crippen molar-refractivity contribution in [2.45, 2.75) is 39.8 Å². The van der Waals surface area contributed by atoms with Gasteiger partial charge < -0.3 is 19.3 Å². The topological polar surface area (TPSA) is 28.2 Å². The molecule has 0 unspecified atom stereocenters. The molecule has 0 amide bonds. The van der Waals surface area contributed by atoms with Gasteiger partial charge in [-0.05, 0) is 64.1 Å². The van der Waals surface area contributed by atoms with Gasteiger partial charge >= 0.3 is 0 Å². The van der Waals surface area contributed by atoms with Crippen LogP contribution in [0.2, 0.25) is 5.02 Å². The normalized spacial score (nSPS) is 14.6. The predicted octanol–water partition coefficient (Wildman–Crippen LogP) is 5.17. The monoisotopic (exact) mass is 445 g/mol. The highest BCUT2D eigenvalue weighted by Crippen LogP contribution is 2.32. The molecule has 1 aliphatic rings. The molecule has 3 rings (SSSR count). The molecule has 2 aromatic carbocycles. The molecule has 6 heteroatoms. The fourth-order valence-electron chi connectivity index (χ4n) is 4.22. The van der Waals surface area contributed by atoms with Crippen molar-refractivity contribution in [2.24, 2.45) is 0 Å². The van der Waals surface area contributed by atoms with Crippen LogP contribution in [-0.2, 0) is 0 Å². The zero-order valence-corrected chi connectivity index (χ0v) is 20.2. The van der Waals surface area contributed by atoms with Crippen LogP contribution in [0.1, 0.15) is 27.7 Å². The lowest BCUT2D eigenvalue weighted by Crippen LogP contribution is -2.46. The van der Waals surface area contributed by atoms with Crippen molar-refractivity contribution in [3.63, 3.8) is 0 Å². The second kappa shape index (κ2) is 11.0. The van der Waals surface area contributed by atoms with E-state index in [1.54, 1.807) is 7.11 Å². The van der Waals surface area contributed by atoms with Gasteiger partial charge in [0.1, 0.15) is 6.61 Å². The Hall–Kier alpha value is -2.11. The number of nitrogens with zero attached hydrogens (tertiary/aromatic N) is 3. The molecule has 0 N–H and O–H groups in total. The summed E-state index contributed by atoms with van der Waals surface area (Å²) in [7, 11) is 1.70. The van der Waals surface area contributed by atoms with Gasteiger partial charge in [0, 0.05) is 67.3 Å². The lowest BCUT2D eigenvalue weighted by molar-refractivity contribution is 0.140. The Labute approximate surface area is 192 Å². The Kier molecular flexibility index (Phi) is 8.33. The van der Waals surface area contributed by atoms with Crippen LogP contribution < -0.4 is 19.3 Å². The van der Waals surface area contributed by atoms with Gasteiger partial charge in [0.2, 0.25) is 0 Å². The molecule has 0 aliphatic carbocycles. The van der Waals surface area contributed by atoms with E-state index in [1.807, 2.05) is 18.2 Å². The average Bonchev–Trinajstić information content (AvgIpc) is 2.76. The van der Waals surface area contributed by atoms with E-state index in [1.165, 1.54) is 11.4 Å². The summed E-state index contributed by atoms with van der Waals surface area (Å²) < 4.78 is 11.7. The molecule has 0 bridgehead atoms. The largest absolute Gasteiger partial charge is 0.493 e. The Morgan fingerprint density at radius 2 is 1.39 bits per heavy atom. The van der Waals surface area contributed by atoms with E-state index in [9.17, 15) is 0 Å². The summed E-state index contributed by atoms with van der Waals surface area (Å²) in [6.07, 6.45) is 0. The molecule has 5 nitrogen and oxygen atoms in total. The first-order chi connectivity index (χ1) is 14.9. The standard InChI is InChI=1S/C25H36ClN3O2/c1-19(2)29(20(3)4)16-17-31-25-18-23(10-11-24(25)30-5)28-14-12-27(13-15-28)22-8-6-21(26)7-9-22/h6-11,18-20H,12-17H2,1-5H3. The average molecular weight is 446 g/mol. The molecule has 1 fully saturated rings. The number of methoxy groups -OCH3 is 1. The van der Waals surface area contributed by atoms with E-state index in [0.717, 1.165) is 49.2 Å². The first-order valence-corrected chi connectivity index (χ1v) is 11.6. The highest BCUT2D eigenvalue weighted by Gasteiger charge is 2.19. The van der Waals surface area contributed by atoms with Crippen LogP contribution in [-0.4, -0.2) is 63.4 Å². The van der Waals surface area contributed by atoms with Crippen molar-refractivity contribution < 1.29 is 9.47 Å². The maximum atomic E-state index is 6.18. The molecule has 31 heavy (non-hydrogen) atoms. The minimum Gasteiger partial charge on any atom is -0.493 e. The molecule has 0 saturated carbocycles. The third-order valence-electron chi connectivity index (χ3n) is 5.92. The van der Waals surface area contributed by atoms with Gasteiger partial charge in [-0.25, -0.2) is 0 Å². The predicted molar refractivity (Wildman–Crippen MR) is 131 cm³/mol. The molecule has 170 valence electrons. The minimum absolute atomic E-state index is 0.494. The SMILES string of the molecule is COc1ccc(N2CCN(c3ccc(Cl)cc3)CC2)cc1OCCN(C(C)C)C(C)C. The Morgan fingerprint density at radius 3 is 1.94 bits per heavy atom. The number of rotatable bonds is 9. The second-order valence-electron chi connectivity index (χ2n) is 8.56. The number of anilines is 2. The number of hydrogen-bond donors (Lipinski definition) is 0. The zero-order valence-electron chi connectivity index (χ0n) is 19.5. The highest BCUT2D eigenvalue weighted by atomic mass is 35.5. The molecular weight excluding hydrogens is 410 g/mol. The maximum absolute atomic E-state index is 6.18. The van der Waals surface area contributed by atoms with Crippen LogP contribution in [0, 0.1) is 0 Å². The quantitative estimate of drug-likeness (QED) is 0.530. The summed E-state index contributed by atoms with van der Waals surface area (Å²) in [5.41, 5.74) is 2.40. The summed E-state index contributed by atoms with van der Waals surface area (Å²) in [5, 5.41) is 0.776. The summed E-state index contributed by atoms with van der Waals surface area (Å²) >= 11 is 6.03. The highest BCUT2D eigenvalue weighted by molar-refractivity contribution is 6.30. The van der Waals surface area contributed by atoms with E-state index in [0.29, 0.717) is 18.7 Å². The van der Waals surface area contributed by atoms with E-state index < -0.39 is 0 Å². The van der Waals surface area contributed by atoms with Crippen LogP contribution in [0.5, 0.6) is 11.5 Å². The van der Waals surface area contributed by atoms with Gasteiger partial charge in [-0.1, -0.05) is 11.6 Å². The van der Waals surface area contributed by atoms with Crippen molar-refractivity contribution in [1.29, 1.82) is 0 Å². The fourth-order valence-corrected chi connectivity index (χ4v) is 4.35. The van der Waals surface area contributed by atoms with Crippen LogP contribution in [0.3, 0.4) is 0 Å². The number of ether oxygens (including phenoxy) is 2. The molecule has 0 aromatic heterocycles.